The molecular formula is C12H15N5O3S. The molecule has 8 nitrogen and oxygen atoms in total. The number of benzene rings is 1. The first kappa shape index (κ1) is 15.0. The van der Waals surface area contributed by atoms with Crippen LogP contribution < -0.4 is 16.2 Å². The Morgan fingerprint density at radius 3 is 2.81 bits per heavy atom. The molecule has 1 aromatic carbocycles. The van der Waals surface area contributed by atoms with Crippen LogP contribution in [0.4, 0.5) is 0 Å². The van der Waals surface area contributed by atoms with Crippen molar-refractivity contribution in [3.05, 3.63) is 40.3 Å². The number of nitrogens with two attached hydrogens (primary N) is 1. The number of rotatable bonds is 6. The number of oxime groups is 1. The van der Waals surface area contributed by atoms with Crippen LogP contribution in [0.3, 0.4) is 0 Å². The van der Waals surface area contributed by atoms with E-state index in [0.29, 0.717) is 28.8 Å². The minimum absolute atomic E-state index is 0.0524. The third-order valence-corrected chi connectivity index (χ3v) is 3.67. The van der Waals surface area contributed by atoms with Crippen molar-refractivity contribution < 1.29 is 9.94 Å². The smallest absolute Gasteiger partial charge is 0.343 e. The van der Waals surface area contributed by atoms with Gasteiger partial charge in [-0.25, -0.2) is 9.89 Å². The van der Waals surface area contributed by atoms with Crippen LogP contribution in [0.5, 0.6) is 5.75 Å². The molecule has 112 valence electrons. The van der Waals surface area contributed by atoms with E-state index in [1.54, 1.807) is 31.3 Å². The standard InChI is InChI=1S/C12H15N5O3S/c1-17-11(18)14-15-12(17)21-7-6-20-9-4-2-8(3-5-9)10(13)16-19/h2-5,19H,6-7H2,1H3,(H2,13,16)(H,14,18). The number of nitrogens with one attached hydrogen (secondary N) is 1. The quantitative estimate of drug-likeness (QED) is 0.177. The van der Waals surface area contributed by atoms with E-state index in [1.807, 2.05) is 0 Å². The maximum absolute atomic E-state index is 11.2. The van der Waals surface area contributed by atoms with E-state index >= 15 is 0 Å². The van der Waals surface area contributed by atoms with Gasteiger partial charge in [-0.3, -0.25) is 4.57 Å². The van der Waals surface area contributed by atoms with E-state index in [-0.39, 0.29) is 11.5 Å². The number of ether oxygens (including phenoxy) is 1. The van der Waals surface area contributed by atoms with Gasteiger partial charge >= 0.3 is 5.69 Å². The lowest BCUT2D eigenvalue weighted by Crippen LogP contribution is -2.13. The van der Waals surface area contributed by atoms with Crippen LogP contribution in [0.1, 0.15) is 5.56 Å². The molecule has 9 heteroatoms. The summed E-state index contributed by atoms with van der Waals surface area (Å²) in [5, 5.41) is 18.3. The van der Waals surface area contributed by atoms with E-state index in [2.05, 4.69) is 15.4 Å². The molecule has 0 unspecified atom stereocenters. The largest absolute Gasteiger partial charge is 0.493 e. The molecule has 0 aliphatic heterocycles. The van der Waals surface area contributed by atoms with Crippen molar-refractivity contribution in [3.63, 3.8) is 0 Å². The monoisotopic (exact) mass is 309 g/mol. The van der Waals surface area contributed by atoms with Crippen molar-refractivity contribution in [2.45, 2.75) is 5.16 Å². The first-order valence-corrected chi connectivity index (χ1v) is 7.05. The predicted octanol–water partition coefficient (Wildman–Crippen LogP) is 0.374. The summed E-state index contributed by atoms with van der Waals surface area (Å²) in [7, 11) is 1.65. The van der Waals surface area contributed by atoms with Crippen molar-refractivity contribution in [2.24, 2.45) is 17.9 Å². The summed E-state index contributed by atoms with van der Waals surface area (Å²) < 4.78 is 6.99. The molecule has 4 N–H and O–H groups in total. The molecule has 0 atom stereocenters. The van der Waals surface area contributed by atoms with E-state index in [4.69, 9.17) is 15.7 Å². The molecule has 0 bridgehead atoms. The lowest BCUT2D eigenvalue weighted by Gasteiger charge is -2.06. The maximum Gasteiger partial charge on any atom is 0.343 e. The number of amidine groups is 1. The van der Waals surface area contributed by atoms with Crippen molar-refractivity contribution in [2.75, 3.05) is 12.4 Å². The maximum atomic E-state index is 11.2. The highest BCUT2D eigenvalue weighted by Gasteiger charge is 2.04. The van der Waals surface area contributed by atoms with Crippen LogP contribution in [0.25, 0.3) is 0 Å². The topological polar surface area (TPSA) is 119 Å². The van der Waals surface area contributed by atoms with Crippen molar-refractivity contribution in [1.29, 1.82) is 0 Å². The zero-order valence-electron chi connectivity index (χ0n) is 11.3. The third kappa shape index (κ3) is 3.78. The van der Waals surface area contributed by atoms with E-state index in [1.165, 1.54) is 16.3 Å². The highest BCUT2D eigenvalue weighted by Crippen LogP contribution is 2.15. The highest BCUT2D eigenvalue weighted by atomic mass is 32.2. The Hall–Kier alpha value is -2.42. The van der Waals surface area contributed by atoms with Gasteiger partial charge in [-0.1, -0.05) is 16.9 Å². The molecule has 0 radical (unpaired) electrons. The normalized spacial score (nSPS) is 11.6. The van der Waals surface area contributed by atoms with E-state index in [9.17, 15) is 4.79 Å². The zero-order valence-corrected chi connectivity index (χ0v) is 12.1. The van der Waals surface area contributed by atoms with Crippen LogP contribution in [0.15, 0.2) is 39.4 Å². The summed E-state index contributed by atoms with van der Waals surface area (Å²) >= 11 is 1.42. The number of aromatic nitrogens is 3. The molecular weight excluding hydrogens is 294 g/mol. The third-order valence-electron chi connectivity index (χ3n) is 2.68. The van der Waals surface area contributed by atoms with Crippen molar-refractivity contribution in [3.8, 4) is 5.75 Å². The Morgan fingerprint density at radius 2 is 2.24 bits per heavy atom. The first-order valence-electron chi connectivity index (χ1n) is 6.07. The molecule has 0 spiro atoms. The van der Waals surface area contributed by atoms with Gasteiger partial charge in [0.15, 0.2) is 11.0 Å². The van der Waals surface area contributed by atoms with Gasteiger partial charge in [0.05, 0.1) is 6.61 Å². The fourth-order valence-corrected chi connectivity index (χ4v) is 2.27. The SMILES string of the molecule is Cn1c(SCCOc2ccc(C(N)=NO)cc2)n[nH]c1=O. The van der Waals surface area contributed by atoms with Gasteiger partial charge in [0.2, 0.25) is 0 Å². The molecule has 0 saturated carbocycles. The summed E-state index contributed by atoms with van der Waals surface area (Å²) in [6.07, 6.45) is 0. The number of hydrogen-bond acceptors (Lipinski definition) is 6. The van der Waals surface area contributed by atoms with Gasteiger partial charge in [0.1, 0.15) is 5.75 Å². The molecule has 1 aromatic heterocycles. The van der Waals surface area contributed by atoms with E-state index in [0.717, 1.165) is 0 Å². The van der Waals surface area contributed by atoms with Gasteiger partial charge in [-0.05, 0) is 24.3 Å². The molecule has 0 amide bonds. The summed E-state index contributed by atoms with van der Waals surface area (Å²) in [6.45, 7) is 0.467. The van der Waals surface area contributed by atoms with Crippen LogP contribution in [0.2, 0.25) is 0 Å². The molecule has 1 heterocycles. The number of aromatic amines is 1. The Kier molecular flexibility index (Phi) is 4.88. The molecule has 2 aromatic rings. The van der Waals surface area contributed by atoms with Gasteiger partial charge in [-0.2, -0.15) is 0 Å². The predicted molar refractivity (Wildman–Crippen MR) is 79.0 cm³/mol. The minimum Gasteiger partial charge on any atom is -0.493 e. The second-order valence-electron chi connectivity index (χ2n) is 4.08. The zero-order chi connectivity index (χ0) is 15.2. The van der Waals surface area contributed by atoms with Crippen LogP contribution in [-0.4, -0.2) is 38.2 Å². The summed E-state index contributed by atoms with van der Waals surface area (Å²) in [6, 6.07) is 6.88. The first-order chi connectivity index (χ1) is 10.1. The molecule has 0 aliphatic carbocycles. The fourth-order valence-electron chi connectivity index (χ4n) is 1.53. The minimum atomic E-state index is -0.239. The molecule has 0 fully saturated rings. The average Bonchev–Trinajstić information content (AvgIpc) is 2.83. The van der Waals surface area contributed by atoms with Crippen LogP contribution >= 0.6 is 11.8 Å². The highest BCUT2D eigenvalue weighted by molar-refractivity contribution is 7.99. The van der Waals surface area contributed by atoms with Gasteiger partial charge < -0.3 is 15.7 Å². The number of nitrogens with zero attached hydrogens (tertiary/aromatic N) is 3. The lowest BCUT2D eigenvalue weighted by atomic mass is 10.2. The Bertz CT molecular complexity index is 677. The van der Waals surface area contributed by atoms with Crippen LogP contribution in [-0.2, 0) is 7.05 Å². The van der Waals surface area contributed by atoms with E-state index < -0.39 is 0 Å². The fraction of sp³-hybridized carbons (Fsp3) is 0.250. The molecule has 2 rings (SSSR count). The Labute approximate surface area is 124 Å². The second-order valence-corrected chi connectivity index (χ2v) is 5.14. The Balaban J connectivity index is 1.81. The van der Waals surface area contributed by atoms with Crippen molar-refractivity contribution >= 4 is 17.6 Å². The lowest BCUT2D eigenvalue weighted by molar-refractivity contribution is 0.318. The number of thioether (sulfide) groups is 1. The number of hydrogen-bond donors (Lipinski definition) is 3. The molecule has 21 heavy (non-hydrogen) atoms. The summed E-state index contributed by atoms with van der Waals surface area (Å²) in [4.78, 5) is 11.2. The van der Waals surface area contributed by atoms with Gasteiger partial charge in [0.25, 0.3) is 0 Å². The summed E-state index contributed by atoms with van der Waals surface area (Å²) in [5.41, 5.74) is 5.84. The average molecular weight is 309 g/mol. The van der Waals surface area contributed by atoms with Gasteiger partial charge in [0, 0.05) is 18.4 Å². The van der Waals surface area contributed by atoms with Crippen LogP contribution in [0, 0.1) is 0 Å². The second kappa shape index (κ2) is 6.84. The van der Waals surface area contributed by atoms with Gasteiger partial charge in [-0.15, -0.1) is 5.10 Å². The van der Waals surface area contributed by atoms with Crippen molar-refractivity contribution in [1.82, 2.24) is 14.8 Å². The molecule has 0 aliphatic rings. The summed E-state index contributed by atoms with van der Waals surface area (Å²) in [5.74, 6) is 1.39. The molecule has 0 saturated heterocycles. The number of H-pyrrole nitrogens is 1. The Morgan fingerprint density at radius 1 is 1.52 bits per heavy atom.